The Hall–Kier alpha value is -4.13. The molecule has 0 spiro atoms. The van der Waals surface area contributed by atoms with Gasteiger partial charge in [0.1, 0.15) is 11.8 Å². The molecule has 1 amide bonds. The SMILES string of the molecule is COc1ccc(/C(O)=C2/C(=O)C(=O)N(c3cc(C)cc(C)c3)C2c2ccccn2)cc1OC. The van der Waals surface area contributed by atoms with Crippen LogP contribution < -0.4 is 14.4 Å². The second-order valence-corrected chi connectivity index (χ2v) is 7.84. The molecule has 2 aromatic carbocycles. The number of ketones is 1. The fourth-order valence-corrected chi connectivity index (χ4v) is 4.15. The lowest BCUT2D eigenvalue weighted by atomic mass is 9.97. The van der Waals surface area contributed by atoms with Gasteiger partial charge in [-0.1, -0.05) is 12.1 Å². The molecule has 1 aromatic heterocycles. The van der Waals surface area contributed by atoms with Crippen molar-refractivity contribution in [3.05, 3.63) is 88.8 Å². The van der Waals surface area contributed by atoms with E-state index in [1.807, 2.05) is 32.0 Å². The van der Waals surface area contributed by atoms with Gasteiger partial charge >= 0.3 is 0 Å². The van der Waals surface area contributed by atoms with E-state index in [0.717, 1.165) is 11.1 Å². The van der Waals surface area contributed by atoms with Crippen molar-refractivity contribution >= 4 is 23.1 Å². The molecule has 7 nitrogen and oxygen atoms in total. The molecule has 0 bridgehead atoms. The number of aryl methyl sites for hydroxylation is 2. The number of methoxy groups -OCH3 is 2. The normalized spacial score (nSPS) is 17.3. The highest BCUT2D eigenvalue weighted by Gasteiger charge is 2.47. The highest BCUT2D eigenvalue weighted by molar-refractivity contribution is 6.51. The molecule has 0 aliphatic carbocycles. The lowest BCUT2D eigenvalue weighted by Crippen LogP contribution is -2.30. The van der Waals surface area contributed by atoms with Crippen molar-refractivity contribution in [3.63, 3.8) is 0 Å². The van der Waals surface area contributed by atoms with E-state index in [2.05, 4.69) is 4.98 Å². The number of hydrogen-bond donors (Lipinski definition) is 1. The maximum atomic E-state index is 13.2. The topological polar surface area (TPSA) is 89.0 Å². The highest BCUT2D eigenvalue weighted by atomic mass is 16.5. The van der Waals surface area contributed by atoms with Crippen LogP contribution in [0, 0.1) is 13.8 Å². The van der Waals surface area contributed by atoms with Gasteiger partial charge in [-0.3, -0.25) is 19.5 Å². The molecule has 4 rings (SSSR count). The molecule has 1 aliphatic rings. The Morgan fingerprint density at radius 1 is 0.939 bits per heavy atom. The number of carbonyl (C=O) groups excluding carboxylic acids is 2. The molecular weight excluding hydrogens is 420 g/mol. The molecule has 1 aliphatic heterocycles. The van der Waals surface area contributed by atoms with Crippen molar-refractivity contribution in [2.45, 2.75) is 19.9 Å². The van der Waals surface area contributed by atoms with E-state index in [1.54, 1.807) is 42.6 Å². The predicted octanol–water partition coefficient (Wildman–Crippen LogP) is 4.34. The van der Waals surface area contributed by atoms with Crippen LogP contribution in [0.4, 0.5) is 5.69 Å². The zero-order chi connectivity index (χ0) is 23.7. The van der Waals surface area contributed by atoms with E-state index in [1.165, 1.54) is 19.1 Å². The van der Waals surface area contributed by atoms with E-state index in [4.69, 9.17) is 9.47 Å². The Morgan fingerprint density at radius 3 is 2.24 bits per heavy atom. The maximum absolute atomic E-state index is 13.2. The van der Waals surface area contributed by atoms with Crippen LogP contribution in [0.2, 0.25) is 0 Å². The number of ether oxygens (including phenoxy) is 2. The van der Waals surface area contributed by atoms with Crippen LogP contribution in [0.25, 0.3) is 5.76 Å². The summed E-state index contributed by atoms with van der Waals surface area (Å²) in [6.45, 7) is 3.85. The van der Waals surface area contributed by atoms with Crippen molar-refractivity contribution < 1.29 is 24.2 Å². The number of anilines is 1. The van der Waals surface area contributed by atoms with Gasteiger partial charge in [0, 0.05) is 17.4 Å². The van der Waals surface area contributed by atoms with Gasteiger partial charge in [0.15, 0.2) is 11.5 Å². The standard InChI is InChI=1S/C26H24N2O5/c1-15-11-16(2)13-18(12-15)28-23(19-7-5-6-10-27-19)22(25(30)26(28)31)24(29)17-8-9-20(32-3)21(14-17)33-4/h5-14,23,29H,1-4H3/b24-22-. The number of benzene rings is 2. The van der Waals surface area contributed by atoms with Crippen LogP contribution in [0.15, 0.2) is 66.4 Å². The van der Waals surface area contributed by atoms with E-state index in [9.17, 15) is 14.7 Å². The second kappa shape index (κ2) is 8.78. The van der Waals surface area contributed by atoms with Crippen molar-refractivity contribution in [3.8, 4) is 11.5 Å². The van der Waals surface area contributed by atoms with Gasteiger partial charge in [-0.2, -0.15) is 0 Å². The largest absolute Gasteiger partial charge is 0.507 e. The molecule has 0 saturated carbocycles. The van der Waals surface area contributed by atoms with Crippen LogP contribution in [-0.4, -0.2) is 36.0 Å². The molecule has 0 radical (unpaired) electrons. The van der Waals surface area contributed by atoms with Crippen LogP contribution in [0.3, 0.4) is 0 Å². The average molecular weight is 444 g/mol. The van der Waals surface area contributed by atoms with Gasteiger partial charge in [-0.25, -0.2) is 0 Å². The minimum atomic E-state index is -0.888. The summed E-state index contributed by atoms with van der Waals surface area (Å²) < 4.78 is 10.6. The lowest BCUT2D eigenvalue weighted by molar-refractivity contribution is -0.132. The minimum absolute atomic E-state index is 0.0370. The molecule has 1 fully saturated rings. The summed E-state index contributed by atoms with van der Waals surface area (Å²) in [4.78, 5) is 32.3. The van der Waals surface area contributed by atoms with Gasteiger partial charge in [-0.05, 0) is 67.4 Å². The lowest BCUT2D eigenvalue weighted by Gasteiger charge is -2.25. The number of carbonyl (C=O) groups is 2. The van der Waals surface area contributed by atoms with Gasteiger partial charge in [0.2, 0.25) is 0 Å². The van der Waals surface area contributed by atoms with Crippen LogP contribution in [-0.2, 0) is 9.59 Å². The number of aromatic nitrogens is 1. The maximum Gasteiger partial charge on any atom is 0.300 e. The molecule has 1 N–H and O–H groups in total. The summed E-state index contributed by atoms with van der Waals surface area (Å²) in [7, 11) is 2.99. The van der Waals surface area contributed by atoms with Crippen molar-refractivity contribution in [2.75, 3.05) is 19.1 Å². The minimum Gasteiger partial charge on any atom is -0.507 e. The Kier molecular flexibility index (Phi) is 5.87. The van der Waals surface area contributed by atoms with Crippen LogP contribution >= 0.6 is 0 Å². The molecule has 3 aromatic rings. The van der Waals surface area contributed by atoms with Gasteiger partial charge in [0.25, 0.3) is 11.7 Å². The summed E-state index contributed by atoms with van der Waals surface area (Å²) in [5.74, 6) is -0.947. The third-order valence-corrected chi connectivity index (χ3v) is 5.55. The fourth-order valence-electron chi connectivity index (χ4n) is 4.15. The first-order chi connectivity index (χ1) is 15.8. The van der Waals surface area contributed by atoms with E-state index in [-0.39, 0.29) is 11.3 Å². The average Bonchev–Trinajstić information content (AvgIpc) is 3.08. The monoisotopic (exact) mass is 444 g/mol. The summed E-state index contributed by atoms with van der Waals surface area (Å²) in [6.07, 6.45) is 1.59. The number of rotatable bonds is 5. The van der Waals surface area contributed by atoms with Crippen LogP contribution in [0.1, 0.15) is 28.4 Å². The van der Waals surface area contributed by atoms with E-state index >= 15 is 0 Å². The first-order valence-corrected chi connectivity index (χ1v) is 10.4. The smallest absolute Gasteiger partial charge is 0.300 e. The number of aliphatic hydroxyl groups is 1. The van der Waals surface area contributed by atoms with Crippen molar-refractivity contribution in [1.29, 1.82) is 0 Å². The third kappa shape index (κ3) is 3.93. The zero-order valence-electron chi connectivity index (χ0n) is 18.8. The highest BCUT2D eigenvalue weighted by Crippen LogP contribution is 2.42. The number of amides is 1. The predicted molar refractivity (Wildman–Crippen MR) is 124 cm³/mol. The molecule has 7 heteroatoms. The molecule has 1 saturated heterocycles. The third-order valence-electron chi connectivity index (χ3n) is 5.55. The first kappa shape index (κ1) is 22.1. The van der Waals surface area contributed by atoms with Gasteiger partial charge in [-0.15, -0.1) is 0 Å². The number of pyridine rings is 1. The number of aliphatic hydroxyl groups excluding tert-OH is 1. The quantitative estimate of drug-likeness (QED) is 0.358. The molecule has 168 valence electrons. The van der Waals surface area contributed by atoms with Gasteiger partial charge < -0.3 is 14.6 Å². The Bertz CT molecular complexity index is 1250. The Morgan fingerprint density at radius 2 is 1.64 bits per heavy atom. The fraction of sp³-hybridized carbons (Fsp3) is 0.192. The summed E-state index contributed by atoms with van der Waals surface area (Å²) in [5.41, 5.74) is 3.23. The second-order valence-electron chi connectivity index (χ2n) is 7.84. The molecule has 33 heavy (non-hydrogen) atoms. The Balaban J connectivity index is 1.95. The molecule has 1 unspecified atom stereocenters. The molecule has 1 atom stereocenters. The summed E-state index contributed by atoms with van der Waals surface area (Å²) in [6, 6.07) is 14.8. The number of nitrogens with zero attached hydrogens (tertiary/aromatic N) is 2. The van der Waals surface area contributed by atoms with E-state index in [0.29, 0.717) is 28.4 Å². The first-order valence-electron chi connectivity index (χ1n) is 10.4. The summed E-state index contributed by atoms with van der Waals surface area (Å²) >= 11 is 0. The number of Topliss-reactive ketones (excluding diaryl/α,β-unsaturated/α-hetero) is 1. The molecule has 2 heterocycles. The van der Waals surface area contributed by atoms with Crippen molar-refractivity contribution in [1.82, 2.24) is 4.98 Å². The Labute approximate surface area is 191 Å². The zero-order valence-corrected chi connectivity index (χ0v) is 18.8. The summed E-state index contributed by atoms with van der Waals surface area (Å²) in [5, 5.41) is 11.3. The van der Waals surface area contributed by atoms with Crippen LogP contribution in [0.5, 0.6) is 11.5 Å². The van der Waals surface area contributed by atoms with Gasteiger partial charge in [0.05, 0.1) is 25.5 Å². The molecular formula is C26H24N2O5. The van der Waals surface area contributed by atoms with E-state index < -0.39 is 17.7 Å². The van der Waals surface area contributed by atoms with Crippen molar-refractivity contribution in [2.24, 2.45) is 0 Å². The number of hydrogen-bond acceptors (Lipinski definition) is 6.